The van der Waals surface area contributed by atoms with Gasteiger partial charge in [-0.15, -0.1) is 0 Å². The zero-order valence-electron chi connectivity index (χ0n) is 9.31. The van der Waals surface area contributed by atoms with Crippen LogP contribution in [0.2, 0.25) is 0 Å². The molecule has 5 heteroatoms. The van der Waals surface area contributed by atoms with Crippen molar-refractivity contribution in [1.29, 1.82) is 0 Å². The lowest BCUT2D eigenvalue weighted by Crippen LogP contribution is -2.40. The fourth-order valence-electron chi connectivity index (χ4n) is 1.46. The summed E-state index contributed by atoms with van der Waals surface area (Å²) < 4.78 is 13.4. The van der Waals surface area contributed by atoms with Gasteiger partial charge in [-0.2, -0.15) is 0 Å². The Morgan fingerprint density at radius 3 is 2.62 bits per heavy atom. The standard InChI is InChI=1S/C11H16FN3O/c1-7(14-8(2)11(13)15-16)9-5-3-4-6-10(9)12/h3-8,14,16H,1-2H3,(H2,13,15). The van der Waals surface area contributed by atoms with E-state index in [1.165, 1.54) is 6.07 Å². The van der Waals surface area contributed by atoms with Crippen molar-refractivity contribution in [2.45, 2.75) is 25.9 Å². The monoisotopic (exact) mass is 225 g/mol. The van der Waals surface area contributed by atoms with E-state index in [-0.39, 0.29) is 23.7 Å². The molecular weight excluding hydrogens is 209 g/mol. The van der Waals surface area contributed by atoms with E-state index in [1.54, 1.807) is 25.1 Å². The van der Waals surface area contributed by atoms with Crippen molar-refractivity contribution in [1.82, 2.24) is 5.32 Å². The van der Waals surface area contributed by atoms with Crippen molar-refractivity contribution in [3.8, 4) is 0 Å². The van der Waals surface area contributed by atoms with Gasteiger partial charge in [-0.3, -0.25) is 0 Å². The molecule has 0 radical (unpaired) electrons. The van der Waals surface area contributed by atoms with Crippen LogP contribution in [0.4, 0.5) is 4.39 Å². The van der Waals surface area contributed by atoms with E-state index in [0.29, 0.717) is 5.56 Å². The molecule has 0 saturated heterocycles. The quantitative estimate of drug-likeness (QED) is 0.315. The minimum atomic E-state index is -0.320. The van der Waals surface area contributed by atoms with Crippen LogP contribution in [0.5, 0.6) is 0 Å². The number of oxime groups is 1. The lowest BCUT2D eigenvalue weighted by Gasteiger charge is -2.19. The summed E-state index contributed by atoms with van der Waals surface area (Å²) in [6.07, 6.45) is 0. The Hall–Kier alpha value is -1.62. The van der Waals surface area contributed by atoms with E-state index in [0.717, 1.165) is 0 Å². The summed E-state index contributed by atoms with van der Waals surface area (Å²) in [6.45, 7) is 3.56. The molecule has 2 unspecified atom stereocenters. The van der Waals surface area contributed by atoms with Crippen LogP contribution in [0.15, 0.2) is 29.4 Å². The first-order valence-corrected chi connectivity index (χ1v) is 5.04. The number of halogens is 1. The molecule has 4 nitrogen and oxygen atoms in total. The summed E-state index contributed by atoms with van der Waals surface area (Å²) in [7, 11) is 0. The van der Waals surface area contributed by atoms with Crippen LogP contribution in [-0.2, 0) is 0 Å². The molecule has 0 saturated carbocycles. The Morgan fingerprint density at radius 1 is 1.44 bits per heavy atom. The van der Waals surface area contributed by atoms with Gasteiger partial charge < -0.3 is 16.3 Å². The first-order chi connectivity index (χ1) is 7.56. The van der Waals surface area contributed by atoms with Gasteiger partial charge in [0.15, 0.2) is 5.84 Å². The van der Waals surface area contributed by atoms with Crippen LogP contribution in [0.1, 0.15) is 25.5 Å². The normalized spacial score (nSPS) is 15.8. The van der Waals surface area contributed by atoms with Crippen LogP contribution >= 0.6 is 0 Å². The van der Waals surface area contributed by atoms with Crippen molar-refractivity contribution in [2.75, 3.05) is 0 Å². The molecule has 0 spiro atoms. The molecule has 0 bridgehead atoms. The number of nitrogens with one attached hydrogen (secondary N) is 1. The van der Waals surface area contributed by atoms with Gasteiger partial charge in [0, 0.05) is 11.6 Å². The molecule has 0 aliphatic heterocycles. The highest BCUT2D eigenvalue weighted by Gasteiger charge is 2.14. The van der Waals surface area contributed by atoms with E-state index < -0.39 is 0 Å². The molecule has 0 aliphatic carbocycles. The molecular formula is C11H16FN3O. The third-order valence-corrected chi connectivity index (χ3v) is 2.43. The Labute approximate surface area is 94.0 Å². The number of rotatable bonds is 4. The molecule has 0 fully saturated rings. The smallest absolute Gasteiger partial charge is 0.156 e. The average molecular weight is 225 g/mol. The van der Waals surface area contributed by atoms with Gasteiger partial charge in [0.1, 0.15) is 5.82 Å². The maximum Gasteiger partial charge on any atom is 0.156 e. The predicted molar refractivity (Wildman–Crippen MR) is 60.8 cm³/mol. The molecule has 16 heavy (non-hydrogen) atoms. The first kappa shape index (κ1) is 12.4. The third kappa shape index (κ3) is 2.93. The van der Waals surface area contributed by atoms with Crippen LogP contribution < -0.4 is 11.1 Å². The first-order valence-electron chi connectivity index (χ1n) is 5.04. The van der Waals surface area contributed by atoms with Crippen LogP contribution in [0, 0.1) is 5.82 Å². The van der Waals surface area contributed by atoms with Crippen LogP contribution in [-0.4, -0.2) is 17.1 Å². The van der Waals surface area contributed by atoms with E-state index >= 15 is 0 Å². The van der Waals surface area contributed by atoms with Gasteiger partial charge in [0.25, 0.3) is 0 Å². The molecule has 4 N–H and O–H groups in total. The lowest BCUT2D eigenvalue weighted by atomic mass is 10.1. The maximum atomic E-state index is 13.4. The zero-order chi connectivity index (χ0) is 12.1. The van der Waals surface area contributed by atoms with Crippen LogP contribution in [0.3, 0.4) is 0 Å². The molecule has 0 heterocycles. The Bertz CT molecular complexity index is 381. The third-order valence-electron chi connectivity index (χ3n) is 2.43. The minimum absolute atomic E-state index is 0.0724. The maximum absolute atomic E-state index is 13.4. The number of hydrogen-bond donors (Lipinski definition) is 3. The van der Waals surface area contributed by atoms with E-state index in [2.05, 4.69) is 10.5 Å². The van der Waals surface area contributed by atoms with Gasteiger partial charge in [0.05, 0.1) is 6.04 Å². The summed E-state index contributed by atoms with van der Waals surface area (Å²) >= 11 is 0. The van der Waals surface area contributed by atoms with Crippen molar-refractivity contribution >= 4 is 5.84 Å². The summed E-state index contributed by atoms with van der Waals surface area (Å²) in [6, 6.07) is 5.98. The highest BCUT2D eigenvalue weighted by Crippen LogP contribution is 2.16. The van der Waals surface area contributed by atoms with E-state index in [4.69, 9.17) is 10.9 Å². The van der Waals surface area contributed by atoms with Gasteiger partial charge in [-0.25, -0.2) is 4.39 Å². The predicted octanol–water partition coefficient (Wildman–Crippen LogP) is 1.61. The molecule has 1 aromatic carbocycles. The fourth-order valence-corrected chi connectivity index (χ4v) is 1.46. The Balaban J connectivity index is 2.73. The second-order valence-corrected chi connectivity index (χ2v) is 3.66. The van der Waals surface area contributed by atoms with Crippen molar-refractivity contribution < 1.29 is 9.60 Å². The average Bonchev–Trinajstić information content (AvgIpc) is 2.28. The SMILES string of the molecule is CC(NC(C)c1ccccc1F)C(N)=NO. The molecule has 0 aromatic heterocycles. The summed E-state index contributed by atoms with van der Waals surface area (Å²) in [4.78, 5) is 0. The Morgan fingerprint density at radius 2 is 2.06 bits per heavy atom. The van der Waals surface area contributed by atoms with Crippen molar-refractivity contribution in [3.05, 3.63) is 35.6 Å². The van der Waals surface area contributed by atoms with Gasteiger partial charge in [-0.05, 0) is 19.9 Å². The topological polar surface area (TPSA) is 70.6 Å². The second-order valence-electron chi connectivity index (χ2n) is 3.66. The number of benzene rings is 1. The summed E-state index contributed by atoms with van der Waals surface area (Å²) in [5, 5.41) is 14.4. The number of nitrogens with two attached hydrogens (primary N) is 1. The molecule has 1 aromatic rings. The molecule has 0 amide bonds. The molecule has 2 atom stereocenters. The second kappa shape index (κ2) is 5.46. The van der Waals surface area contributed by atoms with Crippen molar-refractivity contribution in [3.63, 3.8) is 0 Å². The van der Waals surface area contributed by atoms with Crippen LogP contribution in [0.25, 0.3) is 0 Å². The van der Waals surface area contributed by atoms with E-state index in [9.17, 15) is 4.39 Å². The summed E-state index contributed by atoms with van der Waals surface area (Å²) in [5.74, 6) is -0.197. The van der Waals surface area contributed by atoms with Crippen molar-refractivity contribution in [2.24, 2.45) is 10.9 Å². The lowest BCUT2D eigenvalue weighted by molar-refractivity contribution is 0.314. The van der Waals surface area contributed by atoms with E-state index in [1.807, 2.05) is 6.92 Å². The highest BCUT2D eigenvalue weighted by molar-refractivity contribution is 5.84. The minimum Gasteiger partial charge on any atom is -0.409 e. The summed E-state index contributed by atoms with van der Waals surface area (Å²) in [5.41, 5.74) is 5.98. The van der Waals surface area contributed by atoms with Gasteiger partial charge in [-0.1, -0.05) is 23.4 Å². The Kier molecular flexibility index (Phi) is 4.25. The van der Waals surface area contributed by atoms with Gasteiger partial charge in [0.2, 0.25) is 0 Å². The largest absolute Gasteiger partial charge is 0.409 e. The molecule has 88 valence electrons. The number of nitrogens with zero attached hydrogens (tertiary/aromatic N) is 1. The number of hydrogen-bond acceptors (Lipinski definition) is 3. The van der Waals surface area contributed by atoms with Gasteiger partial charge >= 0.3 is 0 Å². The number of amidine groups is 1. The molecule has 0 aliphatic rings. The fraction of sp³-hybridized carbons (Fsp3) is 0.364. The highest BCUT2D eigenvalue weighted by atomic mass is 19.1. The zero-order valence-corrected chi connectivity index (χ0v) is 9.31. The molecule has 1 rings (SSSR count).